The van der Waals surface area contributed by atoms with E-state index in [-0.39, 0.29) is 5.92 Å². The molecule has 0 amide bonds. The number of aliphatic hydroxyl groups is 1. The summed E-state index contributed by atoms with van der Waals surface area (Å²) in [5.41, 5.74) is 0.561. The quantitative estimate of drug-likeness (QED) is 0.508. The third-order valence-electron chi connectivity index (χ3n) is 2.12. The molecule has 10 heavy (non-hydrogen) atoms. The minimum absolute atomic E-state index is 0.237. The van der Waals surface area contributed by atoms with E-state index in [9.17, 15) is 9.90 Å². The molecule has 1 aliphatic carbocycles. The van der Waals surface area contributed by atoms with E-state index in [0.29, 0.717) is 5.57 Å². The topological polar surface area (TPSA) is 37.3 Å². The highest BCUT2D eigenvalue weighted by Crippen LogP contribution is 2.26. The second kappa shape index (κ2) is 3.00. The van der Waals surface area contributed by atoms with Crippen LogP contribution in [0.1, 0.15) is 26.2 Å². The van der Waals surface area contributed by atoms with Gasteiger partial charge in [-0.2, -0.15) is 0 Å². The molecule has 2 nitrogen and oxygen atoms in total. The fourth-order valence-electron chi connectivity index (χ4n) is 1.43. The van der Waals surface area contributed by atoms with Crippen LogP contribution in [0.15, 0.2) is 5.57 Å². The van der Waals surface area contributed by atoms with Crippen molar-refractivity contribution >= 4 is 5.94 Å². The average Bonchev–Trinajstić information content (AvgIpc) is 1.88. The lowest BCUT2D eigenvalue weighted by molar-refractivity contribution is 0.165. The molecule has 0 saturated heterocycles. The first-order chi connectivity index (χ1) is 4.75. The van der Waals surface area contributed by atoms with E-state index in [2.05, 4.69) is 0 Å². The Morgan fingerprint density at radius 2 is 2.30 bits per heavy atom. The van der Waals surface area contributed by atoms with Gasteiger partial charge in [0.15, 0.2) is 0 Å². The van der Waals surface area contributed by atoms with E-state index in [1.54, 1.807) is 0 Å². The van der Waals surface area contributed by atoms with Crippen molar-refractivity contribution in [1.82, 2.24) is 0 Å². The van der Waals surface area contributed by atoms with Gasteiger partial charge in [0.25, 0.3) is 0 Å². The summed E-state index contributed by atoms with van der Waals surface area (Å²) in [6.45, 7) is 1.96. The average molecular weight is 140 g/mol. The Kier molecular flexibility index (Phi) is 2.25. The summed E-state index contributed by atoms with van der Waals surface area (Å²) in [6, 6.07) is 0. The van der Waals surface area contributed by atoms with Crippen LogP contribution in [-0.4, -0.2) is 17.2 Å². The van der Waals surface area contributed by atoms with E-state index in [1.165, 1.54) is 0 Å². The van der Waals surface area contributed by atoms with Crippen molar-refractivity contribution in [2.75, 3.05) is 0 Å². The normalized spacial score (nSPS) is 33.6. The predicted octanol–water partition coefficient (Wildman–Crippen LogP) is 0.925. The van der Waals surface area contributed by atoms with Crippen LogP contribution in [0, 0.1) is 5.92 Å². The van der Waals surface area contributed by atoms with E-state index in [4.69, 9.17) is 0 Å². The standard InChI is InChI=1S/C8H12O2/c1-6-3-2-4-8(10)7(6)5-9/h6,8,10H,2-4H2,1H3. The van der Waals surface area contributed by atoms with Crippen molar-refractivity contribution in [2.24, 2.45) is 5.92 Å². The summed E-state index contributed by atoms with van der Waals surface area (Å²) in [4.78, 5) is 10.3. The maximum Gasteiger partial charge on any atom is 0.126 e. The molecule has 0 aromatic carbocycles. The summed E-state index contributed by atoms with van der Waals surface area (Å²) in [5.74, 6) is 2.06. The highest BCUT2D eigenvalue weighted by molar-refractivity contribution is 5.55. The van der Waals surface area contributed by atoms with E-state index >= 15 is 0 Å². The van der Waals surface area contributed by atoms with Gasteiger partial charge in [0.05, 0.1) is 6.10 Å². The van der Waals surface area contributed by atoms with Gasteiger partial charge in [-0.05, 0) is 25.2 Å². The zero-order valence-electron chi connectivity index (χ0n) is 6.13. The van der Waals surface area contributed by atoms with Crippen molar-refractivity contribution in [3.8, 4) is 0 Å². The Hall–Kier alpha value is -0.590. The summed E-state index contributed by atoms with van der Waals surface area (Å²) >= 11 is 0. The van der Waals surface area contributed by atoms with Gasteiger partial charge in [0, 0.05) is 5.57 Å². The van der Waals surface area contributed by atoms with E-state index in [1.807, 2.05) is 12.9 Å². The molecule has 0 radical (unpaired) electrons. The van der Waals surface area contributed by atoms with Crippen LogP contribution in [0.25, 0.3) is 0 Å². The molecule has 0 aliphatic heterocycles. The van der Waals surface area contributed by atoms with Crippen LogP contribution in [0.2, 0.25) is 0 Å². The first kappa shape index (κ1) is 7.52. The third kappa shape index (κ3) is 1.28. The SMILES string of the molecule is CC1CCCC(O)C1=C=O. The molecule has 56 valence electrons. The number of aliphatic hydroxyl groups excluding tert-OH is 1. The van der Waals surface area contributed by atoms with Crippen LogP contribution < -0.4 is 0 Å². The fraction of sp³-hybridized carbons (Fsp3) is 0.750. The molecule has 1 N–H and O–H groups in total. The zero-order valence-corrected chi connectivity index (χ0v) is 6.13. The summed E-state index contributed by atoms with van der Waals surface area (Å²) < 4.78 is 0. The minimum atomic E-state index is -0.513. The monoisotopic (exact) mass is 140 g/mol. The van der Waals surface area contributed by atoms with Gasteiger partial charge >= 0.3 is 0 Å². The second-order valence-corrected chi connectivity index (χ2v) is 2.91. The smallest absolute Gasteiger partial charge is 0.126 e. The molecule has 2 heteroatoms. The first-order valence-corrected chi connectivity index (χ1v) is 3.68. The molecule has 0 spiro atoms. The molecule has 2 atom stereocenters. The predicted molar refractivity (Wildman–Crippen MR) is 38.2 cm³/mol. The first-order valence-electron chi connectivity index (χ1n) is 3.68. The highest BCUT2D eigenvalue weighted by Gasteiger charge is 2.23. The highest BCUT2D eigenvalue weighted by atomic mass is 16.3. The molecule has 0 bridgehead atoms. The van der Waals surface area contributed by atoms with Crippen molar-refractivity contribution in [3.63, 3.8) is 0 Å². The Morgan fingerprint density at radius 3 is 2.70 bits per heavy atom. The van der Waals surface area contributed by atoms with Gasteiger partial charge in [-0.15, -0.1) is 0 Å². The molecule has 1 aliphatic rings. The molecular weight excluding hydrogens is 128 g/mol. The number of hydrogen-bond donors (Lipinski definition) is 1. The molecular formula is C8H12O2. The lowest BCUT2D eigenvalue weighted by Crippen LogP contribution is -2.21. The van der Waals surface area contributed by atoms with Crippen LogP contribution in [0.4, 0.5) is 0 Å². The maximum atomic E-state index is 10.3. The molecule has 0 heterocycles. The number of rotatable bonds is 0. The van der Waals surface area contributed by atoms with Crippen LogP contribution in [0.5, 0.6) is 0 Å². The molecule has 1 saturated carbocycles. The number of hydrogen-bond acceptors (Lipinski definition) is 2. The van der Waals surface area contributed by atoms with E-state index < -0.39 is 6.10 Å². The van der Waals surface area contributed by atoms with Crippen molar-refractivity contribution < 1.29 is 9.90 Å². The van der Waals surface area contributed by atoms with E-state index in [0.717, 1.165) is 19.3 Å². The summed E-state index contributed by atoms with van der Waals surface area (Å²) in [7, 11) is 0. The van der Waals surface area contributed by atoms with Crippen molar-refractivity contribution in [1.29, 1.82) is 0 Å². The summed E-state index contributed by atoms with van der Waals surface area (Å²) in [5, 5.41) is 9.24. The molecule has 0 aromatic heterocycles. The van der Waals surface area contributed by atoms with Crippen LogP contribution in [0.3, 0.4) is 0 Å². The molecule has 2 unspecified atom stereocenters. The fourth-order valence-corrected chi connectivity index (χ4v) is 1.43. The Labute approximate surface area is 60.6 Å². The van der Waals surface area contributed by atoms with Gasteiger partial charge in [0.1, 0.15) is 5.94 Å². The third-order valence-corrected chi connectivity index (χ3v) is 2.12. The van der Waals surface area contributed by atoms with Crippen molar-refractivity contribution in [3.05, 3.63) is 5.57 Å². The van der Waals surface area contributed by atoms with Crippen LogP contribution >= 0.6 is 0 Å². The van der Waals surface area contributed by atoms with Gasteiger partial charge < -0.3 is 5.11 Å². The minimum Gasteiger partial charge on any atom is -0.388 e. The lowest BCUT2D eigenvalue weighted by atomic mass is 9.84. The molecule has 1 rings (SSSR count). The maximum absolute atomic E-state index is 10.3. The van der Waals surface area contributed by atoms with Gasteiger partial charge in [0.2, 0.25) is 0 Å². The van der Waals surface area contributed by atoms with Gasteiger partial charge in [-0.1, -0.05) is 6.92 Å². The number of carbonyl (C=O) groups excluding carboxylic acids is 1. The Balaban J connectivity index is 2.72. The largest absolute Gasteiger partial charge is 0.388 e. The Morgan fingerprint density at radius 1 is 1.60 bits per heavy atom. The van der Waals surface area contributed by atoms with Gasteiger partial charge in [-0.25, -0.2) is 4.79 Å². The lowest BCUT2D eigenvalue weighted by Gasteiger charge is -2.23. The zero-order chi connectivity index (χ0) is 7.56. The molecule has 0 aromatic rings. The van der Waals surface area contributed by atoms with Gasteiger partial charge in [-0.3, -0.25) is 0 Å². The second-order valence-electron chi connectivity index (χ2n) is 2.91. The summed E-state index contributed by atoms with van der Waals surface area (Å²) in [6.07, 6.45) is 2.26. The Bertz CT molecular complexity index is 156. The van der Waals surface area contributed by atoms with Crippen LogP contribution in [-0.2, 0) is 4.79 Å². The van der Waals surface area contributed by atoms with Crippen molar-refractivity contribution in [2.45, 2.75) is 32.3 Å². The molecule has 1 fully saturated rings.